The molecule has 0 aliphatic rings. The van der Waals surface area contributed by atoms with Gasteiger partial charge in [0.25, 0.3) is 0 Å². The minimum Gasteiger partial charge on any atom is -0.466 e. The molecule has 0 saturated carbocycles. The van der Waals surface area contributed by atoms with E-state index < -0.39 is 5.92 Å². The zero-order valence-electron chi connectivity index (χ0n) is 10.5. The van der Waals surface area contributed by atoms with E-state index >= 15 is 0 Å². The van der Waals surface area contributed by atoms with E-state index in [0.717, 1.165) is 16.2 Å². The second kappa shape index (κ2) is 4.79. The van der Waals surface area contributed by atoms with Crippen molar-refractivity contribution >= 4 is 17.1 Å². The maximum absolute atomic E-state index is 12.5. The highest BCUT2D eigenvalue weighted by molar-refractivity contribution is 7.10. The van der Waals surface area contributed by atoms with Crippen LogP contribution in [-0.2, 0) is 0 Å². The van der Waals surface area contributed by atoms with E-state index in [1.807, 2.05) is 31.4 Å². The first-order valence-corrected chi connectivity index (χ1v) is 6.48. The molecule has 4 heteroatoms. The predicted molar refractivity (Wildman–Crippen MR) is 69.9 cm³/mol. The van der Waals surface area contributed by atoms with Crippen molar-refractivity contribution in [1.82, 2.24) is 0 Å². The summed E-state index contributed by atoms with van der Waals surface area (Å²) < 4.78 is 5.45. The molecule has 92 valence electrons. The van der Waals surface area contributed by atoms with Gasteiger partial charge in [-0.15, -0.1) is 11.3 Å². The van der Waals surface area contributed by atoms with E-state index in [-0.39, 0.29) is 5.78 Å². The number of furan rings is 1. The van der Waals surface area contributed by atoms with Crippen molar-refractivity contribution in [2.45, 2.75) is 26.7 Å². The van der Waals surface area contributed by atoms with Gasteiger partial charge in [0.2, 0.25) is 0 Å². The summed E-state index contributed by atoms with van der Waals surface area (Å²) in [6.07, 6.45) is 0. The van der Waals surface area contributed by atoms with Crippen LogP contribution in [0.15, 0.2) is 21.9 Å². The van der Waals surface area contributed by atoms with E-state index in [4.69, 9.17) is 4.42 Å². The van der Waals surface area contributed by atoms with E-state index in [0.29, 0.717) is 11.3 Å². The average Bonchev–Trinajstić information content (AvgIpc) is 2.90. The van der Waals surface area contributed by atoms with Crippen molar-refractivity contribution in [3.05, 3.63) is 45.0 Å². The number of thiophene rings is 1. The Morgan fingerprint density at radius 3 is 2.56 bits per heavy atom. The Morgan fingerprint density at radius 1 is 1.39 bits per heavy atom. The molecule has 1 atom stereocenters. The molecule has 2 rings (SSSR count). The molecule has 0 amide bonds. The van der Waals surface area contributed by atoms with Gasteiger partial charge in [-0.25, -0.2) is 0 Å². The first kappa shape index (κ1) is 12.6. The molecule has 0 spiro atoms. The standard InChI is InChI=1S/C14H13NO2S/c1-8-9(2)17-10(3)13(8)14(16)11(7-15)12-5-4-6-18-12/h4-6,11H,1-3H3. The SMILES string of the molecule is Cc1oc(C)c(C(=O)C(C#N)c2cccs2)c1C. The fourth-order valence-electron chi connectivity index (χ4n) is 2.01. The topological polar surface area (TPSA) is 54.0 Å². The van der Waals surface area contributed by atoms with Crippen molar-refractivity contribution in [2.75, 3.05) is 0 Å². The lowest BCUT2D eigenvalue weighted by Gasteiger charge is -2.06. The monoisotopic (exact) mass is 259 g/mol. The summed E-state index contributed by atoms with van der Waals surface area (Å²) in [5.74, 6) is 0.414. The lowest BCUT2D eigenvalue weighted by Crippen LogP contribution is -2.11. The van der Waals surface area contributed by atoms with Crippen molar-refractivity contribution in [2.24, 2.45) is 0 Å². The molecular weight excluding hydrogens is 246 g/mol. The van der Waals surface area contributed by atoms with Gasteiger partial charge < -0.3 is 4.42 Å². The lowest BCUT2D eigenvalue weighted by molar-refractivity contribution is 0.0978. The van der Waals surface area contributed by atoms with Crippen LogP contribution in [0.1, 0.15) is 38.2 Å². The molecular formula is C14H13NO2S. The summed E-state index contributed by atoms with van der Waals surface area (Å²) in [6.45, 7) is 5.43. The molecule has 0 fully saturated rings. The van der Waals surface area contributed by atoms with Crippen LogP contribution in [0.25, 0.3) is 0 Å². The van der Waals surface area contributed by atoms with Crippen molar-refractivity contribution < 1.29 is 9.21 Å². The highest BCUT2D eigenvalue weighted by atomic mass is 32.1. The average molecular weight is 259 g/mol. The quantitative estimate of drug-likeness (QED) is 0.789. The number of hydrogen-bond donors (Lipinski definition) is 0. The highest BCUT2D eigenvalue weighted by Crippen LogP contribution is 2.29. The first-order valence-electron chi connectivity index (χ1n) is 5.60. The van der Waals surface area contributed by atoms with Gasteiger partial charge in [-0.2, -0.15) is 5.26 Å². The molecule has 0 bridgehead atoms. The maximum Gasteiger partial charge on any atom is 0.189 e. The van der Waals surface area contributed by atoms with Gasteiger partial charge >= 0.3 is 0 Å². The van der Waals surface area contributed by atoms with Gasteiger partial charge in [-0.3, -0.25) is 4.79 Å². The van der Waals surface area contributed by atoms with Crippen LogP contribution in [0.3, 0.4) is 0 Å². The van der Waals surface area contributed by atoms with Gasteiger partial charge in [-0.1, -0.05) is 6.07 Å². The zero-order valence-corrected chi connectivity index (χ0v) is 11.3. The summed E-state index contributed by atoms with van der Waals surface area (Å²) in [4.78, 5) is 13.2. The van der Waals surface area contributed by atoms with Gasteiger partial charge in [0.1, 0.15) is 17.4 Å². The molecule has 1 unspecified atom stereocenters. The lowest BCUT2D eigenvalue weighted by atomic mass is 9.95. The normalized spacial score (nSPS) is 12.1. The molecule has 0 radical (unpaired) electrons. The fraction of sp³-hybridized carbons (Fsp3) is 0.286. The van der Waals surface area contributed by atoms with Crippen LogP contribution < -0.4 is 0 Å². The number of rotatable bonds is 3. The Morgan fingerprint density at radius 2 is 2.11 bits per heavy atom. The predicted octanol–water partition coefficient (Wildman–Crippen LogP) is 3.76. The third-order valence-corrected chi connectivity index (χ3v) is 3.96. The van der Waals surface area contributed by atoms with Gasteiger partial charge in [-0.05, 0) is 32.2 Å². The molecule has 0 aliphatic heterocycles. The van der Waals surface area contributed by atoms with Crippen LogP contribution in [0.4, 0.5) is 0 Å². The molecule has 3 nitrogen and oxygen atoms in total. The van der Waals surface area contributed by atoms with Gasteiger partial charge in [0.05, 0.1) is 11.6 Å². The van der Waals surface area contributed by atoms with Crippen molar-refractivity contribution in [1.29, 1.82) is 5.26 Å². The van der Waals surface area contributed by atoms with Crippen LogP contribution in [-0.4, -0.2) is 5.78 Å². The number of carbonyl (C=O) groups is 1. The third-order valence-electron chi connectivity index (χ3n) is 3.03. The van der Waals surface area contributed by atoms with E-state index in [9.17, 15) is 10.1 Å². The Hall–Kier alpha value is -1.86. The molecule has 0 saturated heterocycles. The zero-order chi connectivity index (χ0) is 13.3. The van der Waals surface area contributed by atoms with E-state index in [1.54, 1.807) is 6.92 Å². The number of carbonyl (C=O) groups excluding carboxylic acids is 1. The highest BCUT2D eigenvalue weighted by Gasteiger charge is 2.28. The molecule has 2 aromatic heterocycles. The number of Topliss-reactive ketones (excluding diaryl/α,β-unsaturated/α-hetero) is 1. The Balaban J connectivity index is 2.45. The molecule has 0 aromatic carbocycles. The summed E-state index contributed by atoms with van der Waals surface area (Å²) in [6, 6.07) is 5.74. The number of ketones is 1. The second-order valence-corrected chi connectivity index (χ2v) is 5.14. The van der Waals surface area contributed by atoms with Crippen LogP contribution in [0, 0.1) is 32.1 Å². The van der Waals surface area contributed by atoms with Gasteiger partial charge in [0.15, 0.2) is 5.78 Å². The molecule has 0 aliphatic carbocycles. The second-order valence-electron chi connectivity index (χ2n) is 4.16. The molecule has 2 aromatic rings. The third kappa shape index (κ3) is 1.98. The summed E-state index contributed by atoms with van der Waals surface area (Å²) in [7, 11) is 0. The van der Waals surface area contributed by atoms with Gasteiger partial charge in [0, 0.05) is 10.4 Å². The minimum atomic E-state index is -0.737. The van der Waals surface area contributed by atoms with Crippen molar-refractivity contribution in [3.63, 3.8) is 0 Å². The first-order chi connectivity index (χ1) is 8.56. The van der Waals surface area contributed by atoms with Crippen molar-refractivity contribution in [3.8, 4) is 6.07 Å². The van der Waals surface area contributed by atoms with Crippen LogP contribution in [0.5, 0.6) is 0 Å². The minimum absolute atomic E-state index is 0.174. The number of hydrogen-bond acceptors (Lipinski definition) is 4. The molecule has 18 heavy (non-hydrogen) atoms. The number of aryl methyl sites for hydroxylation is 2. The van der Waals surface area contributed by atoms with E-state index in [2.05, 4.69) is 6.07 Å². The van der Waals surface area contributed by atoms with E-state index in [1.165, 1.54) is 11.3 Å². The Labute approximate surface area is 110 Å². The fourth-order valence-corrected chi connectivity index (χ4v) is 2.77. The number of nitrogens with zero attached hydrogens (tertiary/aromatic N) is 1. The maximum atomic E-state index is 12.5. The Kier molecular flexibility index (Phi) is 3.35. The molecule has 0 N–H and O–H groups in total. The van der Waals surface area contributed by atoms with Crippen LogP contribution in [0.2, 0.25) is 0 Å². The number of nitriles is 1. The summed E-state index contributed by atoms with van der Waals surface area (Å²) in [5, 5.41) is 11.1. The summed E-state index contributed by atoms with van der Waals surface area (Å²) in [5.41, 5.74) is 1.38. The smallest absolute Gasteiger partial charge is 0.189 e. The Bertz CT molecular complexity index is 617. The summed E-state index contributed by atoms with van der Waals surface area (Å²) >= 11 is 1.42. The molecule has 2 heterocycles. The largest absolute Gasteiger partial charge is 0.466 e. The van der Waals surface area contributed by atoms with Crippen LogP contribution >= 0.6 is 11.3 Å².